The Morgan fingerprint density at radius 1 is 1.18 bits per heavy atom. The molecule has 34 heavy (non-hydrogen) atoms. The molecular formula is C25H28ClN7O. The van der Waals surface area contributed by atoms with Crippen molar-refractivity contribution < 1.29 is 4.79 Å². The van der Waals surface area contributed by atoms with Crippen molar-refractivity contribution in [3.8, 4) is 0 Å². The highest BCUT2D eigenvalue weighted by Gasteiger charge is 2.32. The van der Waals surface area contributed by atoms with Crippen LogP contribution in [0, 0.1) is 6.92 Å². The fourth-order valence-corrected chi connectivity index (χ4v) is 4.88. The maximum Gasteiger partial charge on any atom is 0.265 e. The van der Waals surface area contributed by atoms with Crippen molar-refractivity contribution >= 4 is 46.3 Å². The Morgan fingerprint density at radius 3 is 2.71 bits per heavy atom. The van der Waals surface area contributed by atoms with E-state index in [0.717, 1.165) is 30.9 Å². The largest absolute Gasteiger partial charge is 0.369 e. The molecule has 2 aliphatic heterocycles. The second-order valence-electron chi connectivity index (χ2n) is 8.88. The Bertz CT molecular complexity index is 1200. The maximum absolute atomic E-state index is 13.3. The van der Waals surface area contributed by atoms with Gasteiger partial charge in [0.1, 0.15) is 11.4 Å². The molecule has 8 nitrogen and oxygen atoms in total. The van der Waals surface area contributed by atoms with Crippen LogP contribution in [0.5, 0.6) is 0 Å². The number of rotatable bonds is 4. The van der Waals surface area contributed by atoms with Gasteiger partial charge in [-0.05, 0) is 49.7 Å². The molecule has 0 aliphatic carbocycles. The molecule has 1 atom stereocenters. The molecule has 3 aromatic rings. The van der Waals surface area contributed by atoms with Gasteiger partial charge < -0.3 is 20.4 Å². The fraction of sp³-hybridized carbons (Fsp3) is 0.320. The third-order valence-corrected chi connectivity index (χ3v) is 6.58. The lowest BCUT2D eigenvalue weighted by molar-refractivity contribution is 0.0982. The lowest BCUT2D eigenvalue weighted by Crippen LogP contribution is -2.49. The number of aryl methyl sites for hydroxylation is 1. The monoisotopic (exact) mass is 477 g/mol. The summed E-state index contributed by atoms with van der Waals surface area (Å²) < 4.78 is 0. The number of amides is 1. The molecule has 1 amide bonds. The summed E-state index contributed by atoms with van der Waals surface area (Å²) in [5, 5.41) is 7.27. The maximum atomic E-state index is 13.3. The van der Waals surface area contributed by atoms with Crippen LogP contribution in [0.25, 0.3) is 0 Å². The number of carbonyl (C=O) groups is 1. The van der Waals surface area contributed by atoms with Crippen molar-refractivity contribution in [2.24, 2.45) is 0 Å². The number of benzene rings is 2. The predicted octanol–water partition coefficient (Wildman–Crippen LogP) is 4.03. The van der Waals surface area contributed by atoms with E-state index in [1.807, 2.05) is 43.1 Å². The molecule has 2 aromatic carbocycles. The molecule has 0 spiro atoms. The van der Waals surface area contributed by atoms with E-state index in [1.165, 1.54) is 5.69 Å². The smallest absolute Gasteiger partial charge is 0.265 e. The van der Waals surface area contributed by atoms with Crippen LogP contribution >= 0.6 is 11.6 Å². The number of hydrogen-bond acceptors (Lipinski definition) is 7. The summed E-state index contributed by atoms with van der Waals surface area (Å²) in [6, 6.07) is 14.4. The summed E-state index contributed by atoms with van der Waals surface area (Å²) in [4.78, 5) is 28.3. The first-order valence-corrected chi connectivity index (χ1v) is 11.8. The Kier molecular flexibility index (Phi) is 6.02. The summed E-state index contributed by atoms with van der Waals surface area (Å²) in [6.07, 6.45) is 1.58. The van der Waals surface area contributed by atoms with Gasteiger partial charge in [-0.25, -0.2) is 4.98 Å². The number of hydrogen-bond donors (Lipinski definition) is 2. The van der Waals surface area contributed by atoms with Crippen molar-refractivity contribution in [2.75, 3.05) is 53.4 Å². The van der Waals surface area contributed by atoms with Crippen LogP contribution in [0.15, 0.2) is 48.7 Å². The van der Waals surface area contributed by atoms with Gasteiger partial charge in [0.25, 0.3) is 5.91 Å². The quantitative estimate of drug-likeness (QED) is 0.587. The lowest BCUT2D eigenvalue weighted by Gasteiger charge is -2.35. The van der Waals surface area contributed by atoms with E-state index in [4.69, 9.17) is 11.6 Å². The minimum atomic E-state index is -0.162. The van der Waals surface area contributed by atoms with Crippen molar-refractivity contribution in [2.45, 2.75) is 19.9 Å². The minimum Gasteiger partial charge on any atom is -0.369 e. The molecule has 176 valence electrons. The van der Waals surface area contributed by atoms with Crippen LogP contribution in [0.4, 0.5) is 28.8 Å². The SMILES string of the molecule is Cc1cccc(Cl)c1N1CN(C)c2nc(Nc3ccc(N4CCN[C@H](C)C4)cc3)ncc2C1=O. The molecule has 0 unspecified atom stereocenters. The first kappa shape index (κ1) is 22.4. The van der Waals surface area contributed by atoms with E-state index >= 15 is 0 Å². The zero-order chi connectivity index (χ0) is 23.8. The van der Waals surface area contributed by atoms with Crippen LogP contribution < -0.4 is 25.3 Å². The van der Waals surface area contributed by atoms with Crippen LogP contribution in [0.1, 0.15) is 22.8 Å². The highest BCUT2D eigenvalue weighted by molar-refractivity contribution is 6.34. The van der Waals surface area contributed by atoms with E-state index < -0.39 is 0 Å². The first-order valence-electron chi connectivity index (χ1n) is 11.4. The lowest BCUT2D eigenvalue weighted by atomic mass is 10.1. The molecule has 2 aliphatic rings. The first-order chi connectivity index (χ1) is 16.4. The van der Waals surface area contributed by atoms with Crippen LogP contribution in [0.2, 0.25) is 5.02 Å². The van der Waals surface area contributed by atoms with E-state index in [9.17, 15) is 4.79 Å². The molecule has 1 fully saturated rings. The number of piperazine rings is 1. The average Bonchev–Trinajstić information content (AvgIpc) is 2.82. The van der Waals surface area contributed by atoms with Gasteiger partial charge in [0.2, 0.25) is 5.95 Å². The normalized spacial score (nSPS) is 18.2. The molecule has 3 heterocycles. The average molecular weight is 478 g/mol. The van der Waals surface area contributed by atoms with Crippen molar-refractivity contribution in [3.63, 3.8) is 0 Å². The molecule has 0 saturated carbocycles. The number of halogens is 1. The minimum absolute atomic E-state index is 0.162. The van der Waals surface area contributed by atoms with Crippen LogP contribution in [0.3, 0.4) is 0 Å². The molecule has 0 radical (unpaired) electrons. The zero-order valence-corrected chi connectivity index (χ0v) is 20.3. The molecule has 0 bridgehead atoms. The summed E-state index contributed by atoms with van der Waals surface area (Å²) in [7, 11) is 1.91. The highest BCUT2D eigenvalue weighted by atomic mass is 35.5. The van der Waals surface area contributed by atoms with Crippen LogP contribution in [-0.4, -0.2) is 55.3 Å². The summed E-state index contributed by atoms with van der Waals surface area (Å²) in [6.45, 7) is 7.48. The topological polar surface area (TPSA) is 76.6 Å². The standard InChI is InChI=1S/C25H28ClN7O/c1-16-5-4-6-21(26)22(16)33-15-31(3)23-20(24(33)34)13-28-25(30-23)29-18-7-9-19(10-8-18)32-12-11-27-17(2)14-32/h4-10,13,17,27H,11-12,14-15H2,1-3H3,(H,28,29,30)/t17-/m1/s1. The van der Waals surface area contributed by atoms with Gasteiger partial charge in [0.15, 0.2) is 0 Å². The third kappa shape index (κ3) is 4.26. The second kappa shape index (κ2) is 9.12. The Balaban J connectivity index is 1.35. The zero-order valence-electron chi connectivity index (χ0n) is 19.5. The molecule has 9 heteroatoms. The van der Waals surface area contributed by atoms with Gasteiger partial charge in [-0.15, -0.1) is 0 Å². The highest BCUT2D eigenvalue weighted by Crippen LogP contribution is 2.35. The Morgan fingerprint density at radius 2 is 1.97 bits per heavy atom. The van der Waals surface area contributed by atoms with Crippen molar-refractivity contribution in [3.05, 3.63) is 64.8 Å². The van der Waals surface area contributed by atoms with Crippen molar-refractivity contribution in [1.29, 1.82) is 0 Å². The molecule has 1 aromatic heterocycles. The van der Waals surface area contributed by atoms with Gasteiger partial charge >= 0.3 is 0 Å². The van der Waals surface area contributed by atoms with Gasteiger partial charge in [-0.1, -0.05) is 23.7 Å². The van der Waals surface area contributed by atoms with E-state index in [2.05, 4.69) is 44.6 Å². The molecular weight excluding hydrogens is 450 g/mol. The summed E-state index contributed by atoms with van der Waals surface area (Å²) in [5.74, 6) is 0.879. The van der Waals surface area contributed by atoms with Gasteiger partial charge in [0.05, 0.1) is 17.4 Å². The third-order valence-electron chi connectivity index (χ3n) is 6.28. The van der Waals surface area contributed by atoms with E-state index in [-0.39, 0.29) is 5.91 Å². The number of carbonyl (C=O) groups excluding carboxylic acids is 1. The number of nitrogens with zero attached hydrogens (tertiary/aromatic N) is 5. The number of para-hydroxylation sites is 1. The number of aromatic nitrogens is 2. The fourth-order valence-electron chi connectivity index (χ4n) is 4.55. The van der Waals surface area contributed by atoms with E-state index in [0.29, 0.717) is 40.8 Å². The van der Waals surface area contributed by atoms with Gasteiger partial charge in [0, 0.05) is 50.3 Å². The number of anilines is 5. The Hall–Kier alpha value is -3.36. The van der Waals surface area contributed by atoms with Gasteiger partial charge in [-0.2, -0.15) is 4.98 Å². The number of fused-ring (bicyclic) bond motifs is 1. The predicted molar refractivity (Wildman–Crippen MR) is 138 cm³/mol. The number of nitrogens with one attached hydrogen (secondary N) is 2. The Labute approximate surface area is 204 Å². The van der Waals surface area contributed by atoms with Gasteiger partial charge in [-0.3, -0.25) is 9.69 Å². The molecule has 1 saturated heterocycles. The molecule has 5 rings (SSSR count). The summed E-state index contributed by atoms with van der Waals surface area (Å²) >= 11 is 6.43. The van der Waals surface area contributed by atoms with Crippen LogP contribution in [-0.2, 0) is 0 Å². The molecule has 2 N–H and O–H groups in total. The second-order valence-corrected chi connectivity index (χ2v) is 9.29. The van der Waals surface area contributed by atoms with Crippen molar-refractivity contribution in [1.82, 2.24) is 15.3 Å². The summed E-state index contributed by atoms with van der Waals surface area (Å²) in [5.41, 5.74) is 4.20. The van der Waals surface area contributed by atoms with E-state index in [1.54, 1.807) is 17.2 Å².